The first-order valence-electron chi connectivity index (χ1n) is 4.55. The van der Waals surface area contributed by atoms with Crippen molar-refractivity contribution in [1.29, 1.82) is 0 Å². The fraction of sp³-hybridized carbons (Fsp3) is 0.889. The summed E-state index contributed by atoms with van der Waals surface area (Å²) in [5.41, 5.74) is -0.134. The van der Waals surface area contributed by atoms with E-state index in [4.69, 9.17) is 0 Å². The second-order valence-electron chi connectivity index (χ2n) is 4.07. The van der Waals surface area contributed by atoms with Gasteiger partial charge in [-0.1, -0.05) is 0 Å². The van der Waals surface area contributed by atoms with Crippen LogP contribution in [0, 0.1) is 5.41 Å². The molecule has 0 unspecified atom stereocenters. The molecule has 1 aliphatic carbocycles. The second kappa shape index (κ2) is 3.40. The van der Waals surface area contributed by atoms with Crippen LogP contribution in [0.4, 0.5) is 0 Å². The highest BCUT2D eigenvalue weighted by Gasteiger charge is 2.46. The topological polar surface area (TPSA) is 51.2 Å². The quantitative estimate of drug-likeness (QED) is 0.675. The zero-order valence-corrected chi connectivity index (χ0v) is 8.99. The average Bonchev–Trinajstić information content (AvgIpc) is 2.65. The van der Waals surface area contributed by atoms with E-state index in [2.05, 4.69) is 0 Å². The Hall–Kier alpha value is -0.380. The van der Waals surface area contributed by atoms with E-state index in [1.54, 1.807) is 6.92 Å². The van der Waals surface area contributed by atoms with Crippen LogP contribution in [-0.4, -0.2) is 26.2 Å². The smallest absolute Gasteiger partial charge is 0.147 e. The van der Waals surface area contributed by atoms with Gasteiger partial charge in [0.05, 0.1) is 0 Å². The van der Waals surface area contributed by atoms with E-state index in [1.807, 2.05) is 0 Å². The summed E-state index contributed by atoms with van der Waals surface area (Å²) in [5.74, 6) is 0.433. The largest absolute Gasteiger partial charge is 0.299 e. The number of hydrogen-bond donors (Lipinski definition) is 0. The summed E-state index contributed by atoms with van der Waals surface area (Å²) in [5, 5.41) is 0. The first-order valence-corrected chi connectivity index (χ1v) is 6.61. The molecule has 1 rings (SSSR count). The van der Waals surface area contributed by atoms with Gasteiger partial charge in [-0.05, 0) is 32.6 Å². The van der Waals surface area contributed by atoms with Crippen LogP contribution in [-0.2, 0) is 14.6 Å². The molecule has 0 aromatic carbocycles. The molecule has 0 amide bonds. The summed E-state index contributed by atoms with van der Waals surface area (Å²) in [4.78, 5) is 11.1. The van der Waals surface area contributed by atoms with Gasteiger partial charge in [-0.2, -0.15) is 0 Å². The predicted molar refractivity (Wildman–Crippen MR) is 51.3 cm³/mol. The summed E-state index contributed by atoms with van der Waals surface area (Å²) in [6, 6.07) is 0. The Bertz CT molecular complexity index is 299. The van der Waals surface area contributed by atoms with Crippen molar-refractivity contribution in [3.8, 4) is 0 Å². The van der Waals surface area contributed by atoms with Crippen LogP contribution < -0.4 is 0 Å². The van der Waals surface area contributed by atoms with E-state index in [9.17, 15) is 13.2 Å². The van der Waals surface area contributed by atoms with Crippen molar-refractivity contribution in [1.82, 2.24) is 0 Å². The van der Waals surface area contributed by atoms with Crippen molar-refractivity contribution in [2.75, 3.05) is 12.0 Å². The third kappa shape index (κ3) is 3.10. The van der Waals surface area contributed by atoms with Gasteiger partial charge in [0.15, 0.2) is 0 Å². The molecule has 1 saturated carbocycles. The van der Waals surface area contributed by atoms with Crippen LogP contribution in [0.25, 0.3) is 0 Å². The first kappa shape index (κ1) is 10.7. The standard InChI is InChI=1S/C9H16O3S/c1-8(10)9(5-6-9)4-3-7-13(2,11)12/h3-7H2,1-2H3. The Kier molecular flexibility index (Phi) is 2.80. The van der Waals surface area contributed by atoms with E-state index in [0.717, 1.165) is 19.3 Å². The van der Waals surface area contributed by atoms with E-state index in [1.165, 1.54) is 6.26 Å². The molecule has 13 heavy (non-hydrogen) atoms. The Morgan fingerprint density at radius 2 is 1.92 bits per heavy atom. The summed E-state index contributed by atoms with van der Waals surface area (Å²) < 4.78 is 21.6. The van der Waals surface area contributed by atoms with Crippen LogP contribution in [0.2, 0.25) is 0 Å². The number of rotatable bonds is 5. The van der Waals surface area contributed by atoms with Gasteiger partial charge < -0.3 is 0 Å². The minimum absolute atomic E-state index is 0.134. The highest BCUT2D eigenvalue weighted by Crippen LogP contribution is 2.50. The second-order valence-corrected chi connectivity index (χ2v) is 6.33. The van der Waals surface area contributed by atoms with Crippen LogP contribution in [0.1, 0.15) is 32.6 Å². The molecule has 1 fully saturated rings. The molecule has 3 nitrogen and oxygen atoms in total. The molecule has 0 saturated heterocycles. The molecule has 0 heterocycles. The fourth-order valence-electron chi connectivity index (χ4n) is 1.60. The molecular formula is C9H16O3S. The first-order chi connectivity index (χ1) is 5.86. The zero-order chi connectivity index (χ0) is 10.1. The number of Topliss-reactive ketones (excluding diaryl/α,β-unsaturated/α-hetero) is 1. The van der Waals surface area contributed by atoms with Crippen LogP contribution in [0.3, 0.4) is 0 Å². The maximum atomic E-state index is 11.1. The van der Waals surface area contributed by atoms with Crippen molar-refractivity contribution >= 4 is 15.6 Å². The monoisotopic (exact) mass is 204 g/mol. The van der Waals surface area contributed by atoms with E-state index < -0.39 is 9.84 Å². The van der Waals surface area contributed by atoms with Crippen molar-refractivity contribution in [2.24, 2.45) is 5.41 Å². The van der Waals surface area contributed by atoms with Gasteiger partial charge in [-0.25, -0.2) is 8.42 Å². The zero-order valence-electron chi connectivity index (χ0n) is 8.17. The molecular weight excluding hydrogens is 188 g/mol. The SMILES string of the molecule is CC(=O)C1(CCCS(C)(=O)=O)CC1. The van der Waals surface area contributed by atoms with Gasteiger partial charge in [0.25, 0.3) is 0 Å². The van der Waals surface area contributed by atoms with Crippen molar-refractivity contribution < 1.29 is 13.2 Å². The lowest BCUT2D eigenvalue weighted by Gasteiger charge is -2.09. The molecule has 0 aromatic heterocycles. The Labute approximate surface area is 79.4 Å². The minimum atomic E-state index is -2.86. The third-order valence-electron chi connectivity index (χ3n) is 2.77. The minimum Gasteiger partial charge on any atom is -0.299 e. The third-order valence-corrected chi connectivity index (χ3v) is 3.80. The number of hydrogen-bond acceptors (Lipinski definition) is 3. The van der Waals surface area contributed by atoms with Gasteiger partial charge in [-0.15, -0.1) is 0 Å². The van der Waals surface area contributed by atoms with Crippen LogP contribution in [0.5, 0.6) is 0 Å². The maximum Gasteiger partial charge on any atom is 0.147 e. The van der Waals surface area contributed by atoms with Gasteiger partial charge in [-0.3, -0.25) is 4.79 Å². The van der Waals surface area contributed by atoms with Crippen molar-refractivity contribution in [3.05, 3.63) is 0 Å². The summed E-state index contributed by atoms with van der Waals surface area (Å²) in [7, 11) is -2.86. The predicted octanol–water partition coefficient (Wildman–Crippen LogP) is 1.18. The molecule has 76 valence electrons. The molecule has 0 atom stereocenters. The molecule has 4 heteroatoms. The summed E-state index contributed by atoms with van der Waals surface area (Å²) in [6.07, 6.45) is 4.51. The normalized spacial score (nSPS) is 19.8. The Balaban J connectivity index is 2.32. The lowest BCUT2D eigenvalue weighted by molar-refractivity contribution is -0.122. The molecule has 0 radical (unpaired) electrons. The lowest BCUT2D eigenvalue weighted by atomic mass is 9.96. The van der Waals surface area contributed by atoms with Gasteiger partial charge in [0, 0.05) is 17.4 Å². The van der Waals surface area contributed by atoms with Crippen LogP contribution in [0.15, 0.2) is 0 Å². The van der Waals surface area contributed by atoms with Crippen molar-refractivity contribution in [3.63, 3.8) is 0 Å². The molecule has 1 aliphatic rings. The van der Waals surface area contributed by atoms with Gasteiger partial charge in [0.2, 0.25) is 0 Å². The Morgan fingerprint density at radius 1 is 1.38 bits per heavy atom. The van der Waals surface area contributed by atoms with Gasteiger partial charge >= 0.3 is 0 Å². The van der Waals surface area contributed by atoms with Crippen LogP contribution >= 0.6 is 0 Å². The summed E-state index contributed by atoms with van der Waals surface area (Å²) in [6.45, 7) is 1.60. The highest BCUT2D eigenvalue weighted by atomic mass is 32.2. The average molecular weight is 204 g/mol. The molecule has 0 aliphatic heterocycles. The number of ketones is 1. The number of carbonyl (C=O) groups excluding carboxylic acids is 1. The Morgan fingerprint density at radius 3 is 2.23 bits per heavy atom. The number of sulfone groups is 1. The van der Waals surface area contributed by atoms with E-state index in [0.29, 0.717) is 6.42 Å². The highest BCUT2D eigenvalue weighted by molar-refractivity contribution is 7.90. The van der Waals surface area contributed by atoms with Gasteiger partial charge in [0.1, 0.15) is 15.6 Å². The maximum absolute atomic E-state index is 11.1. The molecule has 0 aromatic rings. The lowest BCUT2D eigenvalue weighted by Crippen LogP contribution is -2.13. The molecule has 0 bridgehead atoms. The molecule has 0 N–H and O–H groups in total. The number of carbonyl (C=O) groups is 1. The van der Waals surface area contributed by atoms with E-state index in [-0.39, 0.29) is 17.0 Å². The molecule has 0 spiro atoms. The van der Waals surface area contributed by atoms with E-state index >= 15 is 0 Å². The van der Waals surface area contributed by atoms with Crippen molar-refractivity contribution in [2.45, 2.75) is 32.6 Å². The fourth-order valence-corrected chi connectivity index (χ4v) is 2.27. The summed E-state index contributed by atoms with van der Waals surface area (Å²) >= 11 is 0.